The molecule has 0 unspecified atom stereocenters. The molecule has 0 radical (unpaired) electrons. The van der Waals surface area contributed by atoms with Crippen LogP contribution in [0.3, 0.4) is 0 Å². The number of carbonyl (C=O) groups is 2. The topological polar surface area (TPSA) is 53.5 Å². The molecule has 0 saturated heterocycles. The molecule has 2 aromatic rings. The van der Waals surface area contributed by atoms with Crippen LogP contribution in [-0.4, -0.2) is 41.8 Å². The fourth-order valence-corrected chi connectivity index (χ4v) is 3.04. The van der Waals surface area contributed by atoms with E-state index in [0.29, 0.717) is 25.4 Å². The Kier molecular flexibility index (Phi) is 7.53. The highest BCUT2D eigenvalue weighted by Gasteiger charge is 2.19. The first kappa shape index (κ1) is 20.6. The van der Waals surface area contributed by atoms with Crippen molar-refractivity contribution in [3.8, 4) is 0 Å². The summed E-state index contributed by atoms with van der Waals surface area (Å²) in [6.07, 6.45) is 4.61. The van der Waals surface area contributed by atoms with E-state index in [1.165, 1.54) is 0 Å². The fourth-order valence-electron chi connectivity index (χ4n) is 3.04. The third-order valence-corrected chi connectivity index (χ3v) is 4.69. The summed E-state index contributed by atoms with van der Waals surface area (Å²) in [5, 5.41) is 0. The number of pyridine rings is 1. The Hall–Kier alpha value is -2.69. The Balaban J connectivity index is 1.97. The maximum atomic E-state index is 12.5. The minimum absolute atomic E-state index is 0.0392. The molecule has 2 rings (SSSR count). The minimum Gasteiger partial charge on any atom is -0.345 e. The summed E-state index contributed by atoms with van der Waals surface area (Å²) >= 11 is 0. The molecule has 1 heterocycles. The molecule has 0 fully saturated rings. The summed E-state index contributed by atoms with van der Waals surface area (Å²) in [6, 6.07) is 11.8. The van der Waals surface area contributed by atoms with Gasteiger partial charge in [-0.05, 0) is 41.7 Å². The number of carbonyl (C=O) groups excluding carboxylic acids is 2. The van der Waals surface area contributed by atoms with Crippen LogP contribution >= 0.6 is 0 Å². The number of rotatable bonds is 8. The van der Waals surface area contributed by atoms with Crippen molar-refractivity contribution < 1.29 is 9.59 Å². The third-order valence-electron chi connectivity index (χ3n) is 4.69. The van der Waals surface area contributed by atoms with E-state index in [1.54, 1.807) is 29.1 Å². The standard InChI is InChI=1S/C22H29N3O2/c1-17(2)20-7-5-6-8-21(20)25(18(3)26)16-12-22(27)24(4)15-11-19-9-13-23-14-10-19/h5-10,13-14,17H,11-12,15-16H2,1-4H3. The van der Waals surface area contributed by atoms with Gasteiger partial charge in [-0.3, -0.25) is 14.6 Å². The Bertz CT molecular complexity index is 759. The number of amides is 2. The van der Waals surface area contributed by atoms with Gasteiger partial charge in [0.05, 0.1) is 0 Å². The second kappa shape index (κ2) is 9.86. The summed E-state index contributed by atoms with van der Waals surface area (Å²) in [4.78, 5) is 32.2. The molecule has 0 atom stereocenters. The molecule has 0 bridgehead atoms. The van der Waals surface area contributed by atoms with Crippen molar-refractivity contribution in [2.24, 2.45) is 0 Å². The zero-order chi connectivity index (χ0) is 19.8. The number of hydrogen-bond acceptors (Lipinski definition) is 3. The lowest BCUT2D eigenvalue weighted by atomic mass is 10.0. The summed E-state index contributed by atoms with van der Waals surface area (Å²) in [5.74, 6) is 0.300. The van der Waals surface area contributed by atoms with Crippen molar-refractivity contribution >= 4 is 17.5 Å². The first-order valence-corrected chi connectivity index (χ1v) is 9.40. The van der Waals surface area contributed by atoms with Crippen LogP contribution in [0.25, 0.3) is 0 Å². The molecule has 5 nitrogen and oxygen atoms in total. The van der Waals surface area contributed by atoms with E-state index in [2.05, 4.69) is 18.8 Å². The zero-order valence-corrected chi connectivity index (χ0v) is 16.7. The molecule has 144 valence electrons. The molecule has 0 N–H and O–H groups in total. The summed E-state index contributed by atoms with van der Waals surface area (Å²) in [5.41, 5.74) is 3.17. The van der Waals surface area contributed by atoms with Gasteiger partial charge in [-0.2, -0.15) is 0 Å². The first-order chi connectivity index (χ1) is 12.9. The summed E-state index contributed by atoms with van der Waals surface area (Å²) < 4.78 is 0. The molecule has 0 saturated carbocycles. The summed E-state index contributed by atoms with van der Waals surface area (Å²) in [6.45, 7) is 6.79. The van der Waals surface area contributed by atoms with Gasteiger partial charge in [0.15, 0.2) is 0 Å². The van der Waals surface area contributed by atoms with Crippen LogP contribution < -0.4 is 4.90 Å². The molecule has 0 aliphatic carbocycles. The van der Waals surface area contributed by atoms with E-state index in [9.17, 15) is 9.59 Å². The largest absolute Gasteiger partial charge is 0.345 e. The van der Waals surface area contributed by atoms with Crippen molar-refractivity contribution in [1.82, 2.24) is 9.88 Å². The van der Waals surface area contributed by atoms with Crippen molar-refractivity contribution in [2.75, 3.05) is 25.0 Å². The number of likely N-dealkylation sites (N-methyl/N-ethyl adjacent to an activating group) is 1. The van der Waals surface area contributed by atoms with Gasteiger partial charge in [-0.15, -0.1) is 0 Å². The van der Waals surface area contributed by atoms with Gasteiger partial charge in [0.1, 0.15) is 0 Å². The van der Waals surface area contributed by atoms with Gasteiger partial charge < -0.3 is 9.80 Å². The Morgan fingerprint density at radius 1 is 1.04 bits per heavy atom. The lowest BCUT2D eigenvalue weighted by Crippen LogP contribution is -2.36. The number of anilines is 1. The van der Waals surface area contributed by atoms with Crippen LogP contribution in [-0.2, 0) is 16.0 Å². The monoisotopic (exact) mass is 367 g/mol. The second-order valence-electron chi connectivity index (χ2n) is 7.05. The van der Waals surface area contributed by atoms with Gasteiger partial charge in [-0.25, -0.2) is 0 Å². The summed E-state index contributed by atoms with van der Waals surface area (Å²) in [7, 11) is 1.81. The molecule has 0 aliphatic heterocycles. The highest BCUT2D eigenvalue weighted by atomic mass is 16.2. The van der Waals surface area contributed by atoms with Gasteiger partial charge >= 0.3 is 0 Å². The van der Waals surface area contributed by atoms with E-state index in [4.69, 9.17) is 0 Å². The van der Waals surface area contributed by atoms with Crippen LogP contribution in [0.5, 0.6) is 0 Å². The molecule has 0 spiro atoms. The molecular formula is C22H29N3O2. The van der Waals surface area contributed by atoms with Crippen molar-refractivity contribution in [2.45, 2.75) is 39.5 Å². The highest BCUT2D eigenvalue weighted by Crippen LogP contribution is 2.27. The smallest absolute Gasteiger partial charge is 0.224 e. The average molecular weight is 367 g/mol. The quantitative estimate of drug-likeness (QED) is 0.716. The van der Waals surface area contributed by atoms with E-state index >= 15 is 0 Å². The molecular weight excluding hydrogens is 338 g/mol. The molecule has 27 heavy (non-hydrogen) atoms. The Morgan fingerprint density at radius 2 is 1.70 bits per heavy atom. The second-order valence-corrected chi connectivity index (χ2v) is 7.05. The van der Waals surface area contributed by atoms with E-state index < -0.39 is 0 Å². The minimum atomic E-state index is -0.0460. The number of hydrogen-bond donors (Lipinski definition) is 0. The molecule has 1 aromatic heterocycles. The predicted molar refractivity (Wildman–Crippen MR) is 109 cm³/mol. The first-order valence-electron chi connectivity index (χ1n) is 9.40. The van der Waals surface area contributed by atoms with Gasteiger partial charge in [0.25, 0.3) is 0 Å². The van der Waals surface area contributed by atoms with Crippen LogP contribution in [0.15, 0.2) is 48.8 Å². The maximum Gasteiger partial charge on any atom is 0.224 e. The van der Waals surface area contributed by atoms with Crippen molar-refractivity contribution in [3.63, 3.8) is 0 Å². The van der Waals surface area contributed by atoms with E-state index in [-0.39, 0.29) is 11.8 Å². The number of aromatic nitrogens is 1. The molecule has 1 aromatic carbocycles. The fraction of sp³-hybridized carbons (Fsp3) is 0.409. The Labute approximate surface area is 162 Å². The van der Waals surface area contributed by atoms with Gasteiger partial charge in [-0.1, -0.05) is 32.0 Å². The zero-order valence-electron chi connectivity index (χ0n) is 16.7. The van der Waals surface area contributed by atoms with Crippen LogP contribution in [0.4, 0.5) is 5.69 Å². The van der Waals surface area contributed by atoms with Gasteiger partial charge in [0, 0.05) is 51.6 Å². The lowest BCUT2D eigenvalue weighted by molar-refractivity contribution is -0.129. The van der Waals surface area contributed by atoms with Gasteiger partial charge in [0.2, 0.25) is 11.8 Å². The van der Waals surface area contributed by atoms with E-state index in [0.717, 1.165) is 23.2 Å². The number of nitrogens with zero attached hydrogens (tertiary/aromatic N) is 3. The Morgan fingerprint density at radius 3 is 2.33 bits per heavy atom. The SMILES string of the molecule is CC(=O)N(CCC(=O)N(C)CCc1ccncc1)c1ccccc1C(C)C. The molecule has 5 heteroatoms. The molecule has 0 aliphatic rings. The van der Waals surface area contributed by atoms with E-state index in [1.807, 2.05) is 43.4 Å². The van der Waals surface area contributed by atoms with Crippen LogP contribution in [0.2, 0.25) is 0 Å². The lowest BCUT2D eigenvalue weighted by Gasteiger charge is -2.26. The van der Waals surface area contributed by atoms with Crippen molar-refractivity contribution in [1.29, 1.82) is 0 Å². The normalized spacial score (nSPS) is 10.7. The number of benzene rings is 1. The third kappa shape index (κ3) is 5.91. The molecule has 2 amide bonds. The average Bonchev–Trinajstić information content (AvgIpc) is 2.66. The highest BCUT2D eigenvalue weighted by molar-refractivity contribution is 5.93. The maximum absolute atomic E-state index is 12.5. The van der Waals surface area contributed by atoms with Crippen LogP contribution in [0, 0.1) is 0 Å². The number of para-hydroxylation sites is 1. The van der Waals surface area contributed by atoms with Crippen LogP contribution in [0.1, 0.15) is 44.2 Å². The predicted octanol–water partition coefficient (Wildman–Crippen LogP) is 3.65. The van der Waals surface area contributed by atoms with Crippen molar-refractivity contribution in [3.05, 3.63) is 59.9 Å².